The van der Waals surface area contributed by atoms with E-state index < -0.39 is 32.7 Å². The number of amides is 1. The van der Waals surface area contributed by atoms with Gasteiger partial charge in [-0.1, -0.05) is 24.3 Å². The second-order valence-corrected chi connectivity index (χ2v) is 8.47. The number of nitrogens with one attached hydrogen (secondary N) is 1. The highest BCUT2D eigenvalue weighted by Gasteiger charge is 2.31. The third-order valence-electron chi connectivity index (χ3n) is 4.48. The van der Waals surface area contributed by atoms with Crippen LogP contribution in [0, 0.1) is 0 Å². The van der Waals surface area contributed by atoms with Gasteiger partial charge >= 0.3 is 16.3 Å². The number of methoxy groups -OCH3 is 1. The fourth-order valence-electron chi connectivity index (χ4n) is 2.82. The monoisotopic (exact) mass is 492 g/mol. The number of carbonyl (C=O) groups excluding carboxylic acids is 1. The summed E-state index contributed by atoms with van der Waals surface area (Å²) in [5.74, 6) is 0.0719. The summed E-state index contributed by atoms with van der Waals surface area (Å²) >= 11 is 0. The van der Waals surface area contributed by atoms with Crippen molar-refractivity contribution in [3.8, 4) is 11.5 Å². The van der Waals surface area contributed by atoms with Gasteiger partial charge < -0.3 is 8.92 Å². The van der Waals surface area contributed by atoms with Crippen LogP contribution in [-0.2, 0) is 27.5 Å². The lowest BCUT2D eigenvalue weighted by Crippen LogP contribution is -2.20. The number of alkyl halides is 3. The maximum atomic E-state index is 12.7. The van der Waals surface area contributed by atoms with Crippen molar-refractivity contribution in [2.75, 3.05) is 7.11 Å². The van der Waals surface area contributed by atoms with Crippen molar-refractivity contribution >= 4 is 22.2 Å². The molecule has 34 heavy (non-hydrogen) atoms. The third-order valence-corrected chi connectivity index (χ3v) is 5.73. The summed E-state index contributed by atoms with van der Waals surface area (Å²) in [4.78, 5) is 11.7. The van der Waals surface area contributed by atoms with E-state index in [-0.39, 0.29) is 17.7 Å². The van der Waals surface area contributed by atoms with Gasteiger partial charge in [0.25, 0.3) is 0 Å². The SMILES string of the molecule is COc1cccc(CC(=O)N/N=C/c2ccccc2OS(=O)(=O)c2ccc(C(F)(F)F)cc2)c1. The molecule has 0 saturated heterocycles. The number of hydrogen-bond donors (Lipinski definition) is 1. The minimum atomic E-state index is -4.59. The Hall–Kier alpha value is -3.86. The highest BCUT2D eigenvalue weighted by molar-refractivity contribution is 7.87. The molecule has 0 spiro atoms. The largest absolute Gasteiger partial charge is 0.497 e. The molecule has 3 rings (SSSR count). The number of nitrogens with zero attached hydrogens (tertiary/aromatic N) is 1. The van der Waals surface area contributed by atoms with E-state index in [1.807, 2.05) is 0 Å². The number of rotatable bonds is 8. The van der Waals surface area contributed by atoms with E-state index in [0.717, 1.165) is 12.1 Å². The predicted octanol–water partition coefficient (Wildman–Crippen LogP) is 4.17. The van der Waals surface area contributed by atoms with E-state index in [4.69, 9.17) is 8.92 Å². The van der Waals surface area contributed by atoms with Gasteiger partial charge in [0.2, 0.25) is 5.91 Å². The maximum Gasteiger partial charge on any atom is 0.416 e. The average Bonchev–Trinajstić information content (AvgIpc) is 2.79. The van der Waals surface area contributed by atoms with Crippen molar-refractivity contribution in [2.24, 2.45) is 5.10 Å². The molecule has 1 amide bonds. The summed E-state index contributed by atoms with van der Waals surface area (Å²) in [6, 6.07) is 15.8. The Balaban J connectivity index is 1.69. The molecule has 0 saturated carbocycles. The molecule has 0 aliphatic rings. The molecule has 0 aliphatic carbocycles. The van der Waals surface area contributed by atoms with Gasteiger partial charge in [-0.2, -0.15) is 26.7 Å². The molecule has 0 radical (unpaired) electrons. The van der Waals surface area contributed by atoms with Gasteiger partial charge in [-0.25, -0.2) is 5.43 Å². The minimum absolute atomic E-state index is 0.0367. The summed E-state index contributed by atoms with van der Waals surface area (Å²) in [7, 11) is -2.90. The molecular formula is C23H19F3N2O5S. The number of halogens is 3. The zero-order valence-electron chi connectivity index (χ0n) is 17.7. The summed E-state index contributed by atoms with van der Waals surface area (Å²) in [6.07, 6.45) is -3.36. The first-order valence-corrected chi connectivity index (χ1v) is 11.1. The normalized spacial score (nSPS) is 11.9. The Labute approximate surface area is 194 Å². The molecule has 0 aromatic heterocycles. The van der Waals surface area contributed by atoms with Crippen molar-refractivity contribution in [3.05, 3.63) is 89.5 Å². The molecule has 0 aliphatic heterocycles. The molecule has 178 valence electrons. The lowest BCUT2D eigenvalue weighted by Gasteiger charge is -2.11. The van der Waals surface area contributed by atoms with Gasteiger partial charge in [0.1, 0.15) is 10.6 Å². The minimum Gasteiger partial charge on any atom is -0.497 e. The van der Waals surface area contributed by atoms with Crippen LogP contribution in [0.4, 0.5) is 13.2 Å². The highest BCUT2D eigenvalue weighted by atomic mass is 32.2. The third kappa shape index (κ3) is 6.58. The Morgan fingerprint density at radius 2 is 1.74 bits per heavy atom. The van der Waals surface area contributed by atoms with Crippen molar-refractivity contribution in [1.29, 1.82) is 0 Å². The summed E-state index contributed by atoms with van der Waals surface area (Å²) in [6.45, 7) is 0. The van der Waals surface area contributed by atoms with E-state index in [1.54, 1.807) is 30.3 Å². The molecule has 3 aromatic carbocycles. The Morgan fingerprint density at radius 3 is 2.41 bits per heavy atom. The van der Waals surface area contributed by atoms with Gasteiger partial charge in [0, 0.05) is 5.56 Å². The number of benzene rings is 3. The number of carbonyl (C=O) groups is 1. The number of hydrazone groups is 1. The summed E-state index contributed by atoms with van der Waals surface area (Å²) in [5, 5.41) is 3.83. The van der Waals surface area contributed by atoms with E-state index in [0.29, 0.717) is 23.4 Å². The second-order valence-electron chi connectivity index (χ2n) is 6.92. The molecule has 0 fully saturated rings. The van der Waals surface area contributed by atoms with Crippen LogP contribution in [0.2, 0.25) is 0 Å². The number of para-hydroxylation sites is 1. The van der Waals surface area contributed by atoms with Crippen LogP contribution in [0.3, 0.4) is 0 Å². The Morgan fingerprint density at radius 1 is 1.03 bits per heavy atom. The standard InChI is InChI=1S/C23H19F3N2O5S/c1-32-19-7-4-5-16(13-19)14-22(29)28-27-15-17-6-2-3-8-21(17)33-34(30,31)20-11-9-18(10-12-20)23(24,25)26/h2-13,15H,14H2,1H3,(H,28,29)/b27-15+. The average molecular weight is 492 g/mol. The fraction of sp³-hybridized carbons (Fsp3) is 0.130. The summed E-state index contributed by atoms with van der Waals surface area (Å²) < 4.78 is 73.4. The molecule has 0 atom stereocenters. The molecule has 0 heterocycles. The lowest BCUT2D eigenvalue weighted by molar-refractivity contribution is -0.137. The molecular weight excluding hydrogens is 473 g/mol. The lowest BCUT2D eigenvalue weighted by atomic mass is 10.1. The zero-order valence-corrected chi connectivity index (χ0v) is 18.6. The van der Waals surface area contributed by atoms with Crippen molar-refractivity contribution < 1.29 is 35.3 Å². The van der Waals surface area contributed by atoms with Crippen LogP contribution in [0.15, 0.2) is 82.8 Å². The van der Waals surface area contributed by atoms with Crippen LogP contribution in [0.25, 0.3) is 0 Å². The van der Waals surface area contributed by atoms with E-state index in [2.05, 4.69) is 10.5 Å². The van der Waals surface area contributed by atoms with Crippen molar-refractivity contribution in [2.45, 2.75) is 17.5 Å². The quantitative estimate of drug-likeness (QED) is 0.289. The second kappa shape index (κ2) is 10.4. The molecule has 7 nitrogen and oxygen atoms in total. The zero-order chi connectivity index (χ0) is 24.8. The van der Waals surface area contributed by atoms with Crippen molar-refractivity contribution in [1.82, 2.24) is 5.43 Å². The molecule has 0 unspecified atom stereocenters. The van der Waals surface area contributed by atoms with Crippen LogP contribution in [-0.4, -0.2) is 27.6 Å². The number of ether oxygens (including phenoxy) is 1. The molecule has 1 N–H and O–H groups in total. The van der Waals surface area contributed by atoms with Crippen molar-refractivity contribution in [3.63, 3.8) is 0 Å². The van der Waals surface area contributed by atoms with Gasteiger partial charge in [0.05, 0.1) is 25.3 Å². The van der Waals surface area contributed by atoms with E-state index in [9.17, 15) is 26.4 Å². The first kappa shape index (κ1) is 24.8. The topological polar surface area (TPSA) is 94.1 Å². The molecule has 0 bridgehead atoms. The Kier molecular flexibility index (Phi) is 7.57. The Bertz CT molecular complexity index is 1290. The first-order chi connectivity index (χ1) is 16.1. The highest BCUT2D eigenvalue weighted by Crippen LogP contribution is 2.30. The summed E-state index contributed by atoms with van der Waals surface area (Å²) in [5.41, 5.74) is 2.28. The van der Waals surface area contributed by atoms with E-state index in [1.165, 1.54) is 31.5 Å². The maximum absolute atomic E-state index is 12.7. The van der Waals surface area contributed by atoms with Gasteiger partial charge in [0.15, 0.2) is 5.75 Å². The van der Waals surface area contributed by atoms with Crippen LogP contribution in [0.5, 0.6) is 11.5 Å². The predicted molar refractivity (Wildman–Crippen MR) is 118 cm³/mol. The van der Waals surface area contributed by atoms with Crippen LogP contribution >= 0.6 is 0 Å². The molecule has 11 heteroatoms. The first-order valence-electron chi connectivity index (χ1n) is 9.74. The number of hydrogen-bond acceptors (Lipinski definition) is 6. The van der Waals surface area contributed by atoms with E-state index >= 15 is 0 Å². The van der Waals surface area contributed by atoms with Gasteiger partial charge in [-0.05, 0) is 54.1 Å². The van der Waals surface area contributed by atoms with Crippen LogP contribution in [0.1, 0.15) is 16.7 Å². The fourth-order valence-corrected chi connectivity index (χ4v) is 3.77. The van der Waals surface area contributed by atoms with Gasteiger partial charge in [-0.15, -0.1) is 0 Å². The smallest absolute Gasteiger partial charge is 0.416 e. The van der Waals surface area contributed by atoms with Gasteiger partial charge in [-0.3, -0.25) is 4.79 Å². The van der Waals surface area contributed by atoms with Crippen LogP contribution < -0.4 is 14.3 Å². The molecule has 3 aromatic rings.